The lowest BCUT2D eigenvalue weighted by Gasteiger charge is -2.17. The van der Waals surface area contributed by atoms with Gasteiger partial charge in [0.15, 0.2) is 0 Å². The minimum Gasteiger partial charge on any atom is -0.494 e. The molecular weight excluding hydrogens is 268 g/mol. The van der Waals surface area contributed by atoms with Gasteiger partial charge in [-0.3, -0.25) is 0 Å². The third-order valence-corrected chi connectivity index (χ3v) is 3.27. The minimum absolute atomic E-state index is 0.000574. The molecular formula is C16H26N2O3. The Bertz CT molecular complexity index is 449. The van der Waals surface area contributed by atoms with E-state index in [1.807, 2.05) is 39.0 Å². The van der Waals surface area contributed by atoms with Crippen molar-refractivity contribution >= 4 is 6.03 Å². The zero-order valence-electron chi connectivity index (χ0n) is 13.1. The number of rotatable bonds is 8. The van der Waals surface area contributed by atoms with Gasteiger partial charge in [0, 0.05) is 24.8 Å². The maximum Gasteiger partial charge on any atom is 0.315 e. The van der Waals surface area contributed by atoms with Crippen LogP contribution in [0, 0.1) is 6.92 Å². The first-order valence-electron chi connectivity index (χ1n) is 7.48. The van der Waals surface area contributed by atoms with Crippen LogP contribution in [0.15, 0.2) is 18.2 Å². The Balaban J connectivity index is 2.56. The fourth-order valence-electron chi connectivity index (χ4n) is 2.04. The summed E-state index contributed by atoms with van der Waals surface area (Å²) in [5, 5.41) is 14.6. The van der Waals surface area contributed by atoms with Crippen LogP contribution in [-0.2, 0) is 6.54 Å². The molecule has 5 nitrogen and oxygen atoms in total. The Kier molecular flexibility index (Phi) is 7.61. The summed E-state index contributed by atoms with van der Waals surface area (Å²) in [6.45, 7) is 7.01. The standard InChI is InChI=1S/C16H26N2O3/c1-4-14(8-9-19)18-16(20)17-11-13-7-6-12(3)10-15(13)21-5-2/h6-7,10,14,19H,4-5,8-9,11H2,1-3H3,(H2,17,18,20). The van der Waals surface area contributed by atoms with Crippen molar-refractivity contribution in [3.63, 3.8) is 0 Å². The molecule has 3 N–H and O–H groups in total. The van der Waals surface area contributed by atoms with Gasteiger partial charge in [0.1, 0.15) is 5.75 Å². The monoisotopic (exact) mass is 294 g/mol. The molecule has 0 heterocycles. The molecule has 1 atom stereocenters. The Labute approximate surface area is 126 Å². The zero-order chi connectivity index (χ0) is 15.7. The van der Waals surface area contributed by atoms with Crippen molar-refractivity contribution in [2.75, 3.05) is 13.2 Å². The normalized spacial score (nSPS) is 11.8. The molecule has 0 aliphatic rings. The van der Waals surface area contributed by atoms with Gasteiger partial charge in [0.25, 0.3) is 0 Å². The molecule has 0 saturated heterocycles. The van der Waals surface area contributed by atoms with Gasteiger partial charge in [-0.25, -0.2) is 4.79 Å². The number of hydrogen-bond acceptors (Lipinski definition) is 3. The van der Waals surface area contributed by atoms with Crippen LogP contribution < -0.4 is 15.4 Å². The van der Waals surface area contributed by atoms with Gasteiger partial charge in [0.05, 0.1) is 6.61 Å². The van der Waals surface area contributed by atoms with Crippen molar-refractivity contribution in [1.29, 1.82) is 0 Å². The molecule has 0 radical (unpaired) electrons. The first-order chi connectivity index (χ1) is 10.1. The molecule has 2 amide bonds. The Morgan fingerprint density at radius 1 is 1.38 bits per heavy atom. The molecule has 0 fully saturated rings. The summed E-state index contributed by atoms with van der Waals surface area (Å²) in [5.41, 5.74) is 2.08. The number of hydrogen-bond donors (Lipinski definition) is 3. The van der Waals surface area contributed by atoms with Crippen LogP contribution in [0.2, 0.25) is 0 Å². The van der Waals surface area contributed by atoms with E-state index in [1.54, 1.807) is 0 Å². The lowest BCUT2D eigenvalue weighted by molar-refractivity contribution is 0.227. The highest BCUT2D eigenvalue weighted by atomic mass is 16.5. The van der Waals surface area contributed by atoms with Gasteiger partial charge in [-0.1, -0.05) is 19.1 Å². The summed E-state index contributed by atoms with van der Waals surface area (Å²) in [6.07, 6.45) is 1.36. The maximum absolute atomic E-state index is 11.9. The van der Waals surface area contributed by atoms with Crippen LogP contribution in [0.25, 0.3) is 0 Å². The van der Waals surface area contributed by atoms with E-state index < -0.39 is 0 Å². The van der Waals surface area contributed by atoms with Crippen LogP contribution in [0.4, 0.5) is 4.79 Å². The van der Waals surface area contributed by atoms with E-state index in [-0.39, 0.29) is 18.7 Å². The van der Waals surface area contributed by atoms with Gasteiger partial charge in [0.2, 0.25) is 0 Å². The van der Waals surface area contributed by atoms with Gasteiger partial charge < -0.3 is 20.5 Å². The molecule has 0 aromatic heterocycles. The lowest BCUT2D eigenvalue weighted by Crippen LogP contribution is -2.41. The summed E-state index contributed by atoms with van der Waals surface area (Å²) in [7, 11) is 0. The summed E-state index contributed by atoms with van der Waals surface area (Å²) in [6, 6.07) is 5.71. The predicted molar refractivity (Wildman–Crippen MR) is 83.5 cm³/mol. The van der Waals surface area contributed by atoms with E-state index in [0.717, 1.165) is 23.3 Å². The summed E-state index contributed by atoms with van der Waals surface area (Å²) >= 11 is 0. The summed E-state index contributed by atoms with van der Waals surface area (Å²) in [4.78, 5) is 11.9. The molecule has 0 aliphatic carbocycles. The Morgan fingerprint density at radius 3 is 2.76 bits per heavy atom. The molecule has 118 valence electrons. The number of aliphatic hydroxyl groups excluding tert-OH is 1. The first-order valence-corrected chi connectivity index (χ1v) is 7.48. The second kappa shape index (κ2) is 9.23. The van der Waals surface area contributed by atoms with Crippen molar-refractivity contribution in [3.05, 3.63) is 29.3 Å². The maximum atomic E-state index is 11.9. The quantitative estimate of drug-likeness (QED) is 0.689. The molecule has 5 heteroatoms. The topological polar surface area (TPSA) is 70.6 Å². The third kappa shape index (κ3) is 6.04. The van der Waals surface area contributed by atoms with E-state index >= 15 is 0 Å². The predicted octanol–water partition coefficient (Wildman–Crippen LogP) is 2.35. The SMILES string of the molecule is CCOc1cc(C)ccc1CNC(=O)NC(CC)CCO. The number of aliphatic hydroxyl groups is 1. The summed E-state index contributed by atoms with van der Waals surface area (Å²) < 4.78 is 5.59. The Hall–Kier alpha value is -1.75. The van der Waals surface area contributed by atoms with E-state index in [4.69, 9.17) is 9.84 Å². The van der Waals surface area contributed by atoms with Gasteiger partial charge in [-0.05, 0) is 38.3 Å². The van der Waals surface area contributed by atoms with Gasteiger partial charge >= 0.3 is 6.03 Å². The number of carbonyl (C=O) groups excluding carboxylic acids is 1. The average molecular weight is 294 g/mol. The highest BCUT2D eigenvalue weighted by Gasteiger charge is 2.10. The fourth-order valence-corrected chi connectivity index (χ4v) is 2.04. The Morgan fingerprint density at radius 2 is 2.14 bits per heavy atom. The molecule has 1 unspecified atom stereocenters. The average Bonchev–Trinajstić information content (AvgIpc) is 2.46. The summed E-state index contributed by atoms with van der Waals surface area (Å²) in [5.74, 6) is 0.806. The fraction of sp³-hybridized carbons (Fsp3) is 0.562. The van der Waals surface area contributed by atoms with Crippen molar-refractivity contribution in [2.24, 2.45) is 0 Å². The number of aryl methyl sites for hydroxylation is 1. The first kappa shape index (κ1) is 17.3. The lowest BCUT2D eigenvalue weighted by atomic mass is 10.1. The van der Waals surface area contributed by atoms with Crippen molar-refractivity contribution in [2.45, 2.75) is 46.2 Å². The number of nitrogens with one attached hydrogen (secondary N) is 2. The number of benzene rings is 1. The molecule has 0 bridgehead atoms. The zero-order valence-corrected chi connectivity index (χ0v) is 13.1. The largest absolute Gasteiger partial charge is 0.494 e. The van der Waals surface area contributed by atoms with Crippen LogP contribution in [0.5, 0.6) is 5.75 Å². The van der Waals surface area contributed by atoms with Gasteiger partial charge in [-0.15, -0.1) is 0 Å². The number of urea groups is 1. The van der Waals surface area contributed by atoms with Crippen molar-refractivity contribution < 1.29 is 14.6 Å². The van der Waals surface area contributed by atoms with Crippen molar-refractivity contribution in [3.8, 4) is 5.75 Å². The van der Waals surface area contributed by atoms with Gasteiger partial charge in [-0.2, -0.15) is 0 Å². The van der Waals surface area contributed by atoms with Crippen LogP contribution in [0.1, 0.15) is 37.8 Å². The highest BCUT2D eigenvalue weighted by Crippen LogP contribution is 2.20. The number of amides is 2. The van der Waals surface area contributed by atoms with Crippen LogP contribution >= 0.6 is 0 Å². The van der Waals surface area contributed by atoms with E-state index in [9.17, 15) is 4.79 Å². The van der Waals surface area contributed by atoms with Crippen LogP contribution in [0.3, 0.4) is 0 Å². The van der Waals surface area contributed by atoms with E-state index in [2.05, 4.69) is 10.6 Å². The van der Waals surface area contributed by atoms with E-state index in [1.165, 1.54) is 0 Å². The molecule has 0 saturated carbocycles. The molecule has 1 aromatic carbocycles. The number of carbonyl (C=O) groups is 1. The smallest absolute Gasteiger partial charge is 0.315 e. The molecule has 21 heavy (non-hydrogen) atoms. The molecule has 0 aliphatic heterocycles. The molecule has 1 rings (SSSR count). The third-order valence-electron chi connectivity index (χ3n) is 3.27. The second-order valence-electron chi connectivity index (χ2n) is 4.99. The number of ether oxygens (including phenoxy) is 1. The van der Waals surface area contributed by atoms with Crippen molar-refractivity contribution in [1.82, 2.24) is 10.6 Å². The van der Waals surface area contributed by atoms with Crippen LogP contribution in [-0.4, -0.2) is 30.4 Å². The van der Waals surface area contributed by atoms with E-state index in [0.29, 0.717) is 19.6 Å². The highest BCUT2D eigenvalue weighted by molar-refractivity contribution is 5.74. The molecule has 0 spiro atoms. The minimum atomic E-state index is -0.224. The molecule has 1 aromatic rings. The second-order valence-corrected chi connectivity index (χ2v) is 4.99.